The fourth-order valence-electron chi connectivity index (χ4n) is 6.47. The third-order valence-electron chi connectivity index (χ3n) is 8.69. The number of thioether (sulfide) groups is 1. The van der Waals surface area contributed by atoms with Crippen LogP contribution in [0, 0.1) is 13.8 Å². The lowest BCUT2D eigenvalue weighted by molar-refractivity contribution is -0.133. The first kappa shape index (κ1) is 31.0. The Morgan fingerprint density at radius 1 is 1.07 bits per heavy atom. The quantitative estimate of drug-likeness (QED) is 0.220. The van der Waals surface area contributed by atoms with Crippen LogP contribution in [0.3, 0.4) is 0 Å². The van der Waals surface area contributed by atoms with Gasteiger partial charge in [0.1, 0.15) is 4.75 Å². The molecule has 8 nitrogen and oxygen atoms in total. The normalized spacial score (nSPS) is 21.5. The molecule has 0 spiro atoms. The number of aromatic amines is 1. The lowest BCUT2D eigenvalue weighted by Crippen LogP contribution is -2.50. The molecule has 2 saturated heterocycles. The van der Waals surface area contributed by atoms with Crippen LogP contribution in [0.5, 0.6) is 0 Å². The number of alkyl carbamates (subject to hydrolysis) is 1. The standard InChI is InChI=1S/C35H37ClN4O4S/c1-4-44-34(43)38-26-15-16-39(21-26)33(42)35(45-27-12-7-23(3)8-13-27)18-31(41)40(20-24-9-5-22(2)6-10-24)32(35)29-19-37-30-17-25(36)11-14-28(29)30/h5-14,17,19,26,32,37H,4,15-16,18,20-21H2,1-3H3,(H,38,43). The number of rotatable bonds is 8. The minimum absolute atomic E-state index is 0.0354. The molecule has 2 N–H and O–H groups in total. The maximum atomic E-state index is 15.0. The number of hydrogen-bond donors (Lipinski definition) is 2. The van der Waals surface area contributed by atoms with Crippen molar-refractivity contribution in [2.24, 2.45) is 0 Å². The highest BCUT2D eigenvalue weighted by Gasteiger charge is 2.60. The number of benzene rings is 3. The Morgan fingerprint density at radius 3 is 2.49 bits per heavy atom. The zero-order valence-electron chi connectivity index (χ0n) is 25.6. The van der Waals surface area contributed by atoms with E-state index >= 15 is 4.79 Å². The van der Waals surface area contributed by atoms with Crippen LogP contribution in [0.1, 0.15) is 48.1 Å². The fraction of sp³-hybridized carbons (Fsp3) is 0.343. The topological polar surface area (TPSA) is 94.7 Å². The predicted octanol–water partition coefficient (Wildman–Crippen LogP) is 6.79. The molecule has 2 fully saturated rings. The summed E-state index contributed by atoms with van der Waals surface area (Å²) in [6.07, 6.45) is 2.07. The molecule has 1 aromatic heterocycles. The van der Waals surface area contributed by atoms with E-state index in [1.165, 1.54) is 11.8 Å². The van der Waals surface area contributed by atoms with Gasteiger partial charge in [0.25, 0.3) is 0 Å². The van der Waals surface area contributed by atoms with Gasteiger partial charge in [-0.3, -0.25) is 9.59 Å². The number of hydrogen-bond acceptors (Lipinski definition) is 5. The molecule has 2 aliphatic rings. The summed E-state index contributed by atoms with van der Waals surface area (Å²) in [5, 5.41) is 4.41. The van der Waals surface area contributed by atoms with Gasteiger partial charge in [-0.1, -0.05) is 65.2 Å². The molecule has 2 aliphatic heterocycles. The molecule has 234 valence electrons. The molecule has 0 aliphatic carbocycles. The summed E-state index contributed by atoms with van der Waals surface area (Å²) < 4.78 is 3.92. The number of aromatic nitrogens is 1. The zero-order valence-corrected chi connectivity index (χ0v) is 27.2. The van der Waals surface area contributed by atoms with E-state index in [2.05, 4.69) is 10.3 Å². The Kier molecular flexibility index (Phi) is 8.84. The lowest BCUT2D eigenvalue weighted by atomic mass is 9.90. The molecule has 3 amide bonds. The smallest absolute Gasteiger partial charge is 0.407 e. The average molecular weight is 645 g/mol. The number of ether oxygens (including phenoxy) is 1. The van der Waals surface area contributed by atoms with Crippen molar-refractivity contribution in [3.05, 3.63) is 100 Å². The number of likely N-dealkylation sites (tertiary alicyclic amines) is 2. The van der Waals surface area contributed by atoms with Crippen LogP contribution in [0.25, 0.3) is 10.9 Å². The summed E-state index contributed by atoms with van der Waals surface area (Å²) in [5.74, 6) is -0.202. The number of halogens is 1. The molecule has 4 aromatic rings. The Hall–Kier alpha value is -3.95. The van der Waals surface area contributed by atoms with Gasteiger partial charge in [-0.15, -0.1) is 11.8 Å². The second-order valence-corrected chi connectivity index (χ2v) is 13.8. The first-order valence-corrected chi connectivity index (χ1v) is 16.5. The molecule has 10 heteroatoms. The van der Waals surface area contributed by atoms with Gasteiger partial charge in [0.2, 0.25) is 11.8 Å². The Morgan fingerprint density at radius 2 is 1.78 bits per heavy atom. The van der Waals surface area contributed by atoms with Crippen LogP contribution in [0.4, 0.5) is 4.79 Å². The van der Waals surface area contributed by atoms with Crippen LogP contribution in [0.15, 0.2) is 77.8 Å². The largest absolute Gasteiger partial charge is 0.450 e. The number of fused-ring (bicyclic) bond motifs is 1. The maximum Gasteiger partial charge on any atom is 0.407 e. The molecule has 0 bridgehead atoms. The highest BCUT2D eigenvalue weighted by atomic mass is 35.5. The van der Waals surface area contributed by atoms with Gasteiger partial charge >= 0.3 is 6.09 Å². The van der Waals surface area contributed by atoms with Crippen molar-refractivity contribution in [3.8, 4) is 0 Å². The molecule has 45 heavy (non-hydrogen) atoms. The van der Waals surface area contributed by atoms with Crippen LogP contribution in [-0.2, 0) is 20.9 Å². The highest BCUT2D eigenvalue weighted by molar-refractivity contribution is 8.01. The van der Waals surface area contributed by atoms with E-state index in [0.29, 0.717) is 31.1 Å². The van der Waals surface area contributed by atoms with Crippen LogP contribution in [-0.4, -0.2) is 63.2 Å². The number of nitrogens with zero attached hydrogens (tertiary/aromatic N) is 2. The van der Waals surface area contributed by atoms with E-state index in [1.54, 1.807) is 11.8 Å². The first-order chi connectivity index (χ1) is 21.7. The molecule has 6 rings (SSSR count). The Bertz CT molecular complexity index is 1720. The fourth-order valence-corrected chi connectivity index (χ4v) is 8.11. The van der Waals surface area contributed by atoms with E-state index in [1.807, 2.05) is 91.7 Å². The summed E-state index contributed by atoms with van der Waals surface area (Å²) in [4.78, 5) is 49.4. The molecule has 0 radical (unpaired) electrons. The molecule has 3 heterocycles. The minimum atomic E-state index is -1.18. The van der Waals surface area contributed by atoms with Gasteiger partial charge in [-0.25, -0.2) is 4.79 Å². The van der Waals surface area contributed by atoms with Crippen molar-refractivity contribution in [2.75, 3.05) is 19.7 Å². The first-order valence-electron chi connectivity index (χ1n) is 15.3. The Labute approximate surface area is 272 Å². The molecule has 3 atom stereocenters. The van der Waals surface area contributed by atoms with E-state index in [-0.39, 0.29) is 30.9 Å². The molecule has 3 unspecified atom stereocenters. The van der Waals surface area contributed by atoms with Gasteiger partial charge in [0.05, 0.1) is 25.1 Å². The summed E-state index contributed by atoms with van der Waals surface area (Å²) in [5.41, 5.74) is 4.95. The summed E-state index contributed by atoms with van der Waals surface area (Å²) in [7, 11) is 0. The summed E-state index contributed by atoms with van der Waals surface area (Å²) >= 11 is 7.81. The minimum Gasteiger partial charge on any atom is -0.450 e. The SMILES string of the molecule is CCOC(=O)NC1CCN(C(=O)C2(Sc3ccc(C)cc3)CC(=O)N(Cc3ccc(C)cc3)C2c2c[nH]c3cc(Cl)ccc23)C1. The third-order valence-corrected chi connectivity index (χ3v) is 10.3. The van der Waals surface area contributed by atoms with Crippen molar-refractivity contribution in [1.29, 1.82) is 0 Å². The monoisotopic (exact) mass is 644 g/mol. The number of nitrogens with one attached hydrogen (secondary N) is 2. The van der Waals surface area contributed by atoms with Crippen molar-refractivity contribution in [1.82, 2.24) is 20.1 Å². The number of amides is 3. The van der Waals surface area contributed by atoms with Gasteiger partial charge in [0.15, 0.2) is 0 Å². The highest BCUT2D eigenvalue weighted by Crippen LogP contribution is 2.55. The summed E-state index contributed by atoms with van der Waals surface area (Å²) in [6.45, 7) is 7.26. The second-order valence-electron chi connectivity index (χ2n) is 11.9. The van der Waals surface area contributed by atoms with Gasteiger partial charge in [-0.05, 0) is 57.0 Å². The van der Waals surface area contributed by atoms with Crippen molar-refractivity contribution in [2.45, 2.75) is 61.9 Å². The van der Waals surface area contributed by atoms with E-state index in [4.69, 9.17) is 16.3 Å². The van der Waals surface area contributed by atoms with Crippen molar-refractivity contribution in [3.63, 3.8) is 0 Å². The van der Waals surface area contributed by atoms with Crippen molar-refractivity contribution >= 4 is 52.2 Å². The number of aryl methyl sites for hydroxylation is 2. The van der Waals surface area contributed by atoms with Crippen molar-refractivity contribution < 1.29 is 19.1 Å². The molecule has 0 saturated carbocycles. The number of H-pyrrole nitrogens is 1. The maximum absolute atomic E-state index is 15.0. The molecular weight excluding hydrogens is 608 g/mol. The second kappa shape index (κ2) is 12.8. The van der Waals surface area contributed by atoms with Gasteiger partial charge in [-0.2, -0.15) is 0 Å². The summed E-state index contributed by atoms with van der Waals surface area (Å²) in [6, 6.07) is 21.1. The zero-order chi connectivity index (χ0) is 31.7. The molecule has 3 aromatic carbocycles. The Balaban J connectivity index is 1.46. The van der Waals surface area contributed by atoms with Gasteiger partial charge in [0, 0.05) is 52.2 Å². The van der Waals surface area contributed by atoms with Gasteiger partial charge < -0.3 is 24.8 Å². The van der Waals surface area contributed by atoms with Crippen LogP contribution >= 0.6 is 23.4 Å². The number of carbonyl (C=O) groups is 3. The average Bonchev–Trinajstić information content (AvgIpc) is 3.71. The van der Waals surface area contributed by atoms with E-state index in [0.717, 1.165) is 38.1 Å². The van der Waals surface area contributed by atoms with Crippen LogP contribution < -0.4 is 5.32 Å². The van der Waals surface area contributed by atoms with E-state index in [9.17, 15) is 9.59 Å². The third kappa shape index (κ3) is 6.29. The van der Waals surface area contributed by atoms with Crippen LogP contribution in [0.2, 0.25) is 5.02 Å². The predicted molar refractivity (Wildman–Crippen MR) is 177 cm³/mol. The lowest BCUT2D eigenvalue weighted by Gasteiger charge is -2.38. The molecular formula is C35H37ClN4O4S. The number of carbonyl (C=O) groups excluding carboxylic acids is 3. The van der Waals surface area contributed by atoms with E-state index < -0.39 is 16.9 Å².